The molecule has 0 saturated carbocycles. The molecule has 1 aliphatic rings. The predicted octanol–water partition coefficient (Wildman–Crippen LogP) is 3.46. The van der Waals surface area contributed by atoms with Gasteiger partial charge in [0.2, 0.25) is 0 Å². The summed E-state index contributed by atoms with van der Waals surface area (Å²) < 4.78 is 26.6. The van der Waals surface area contributed by atoms with Gasteiger partial charge in [-0.1, -0.05) is 6.92 Å². The molecule has 2 atom stereocenters. The standard InChI is InChI=1S/C13H17F2NS2/c1-2-16-13(12-8-17-3-4-18-12)9-5-10(14)7-11(15)6-9/h5-7,12-13,16H,2-4,8H2,1H3. The number of thioether (sulfide) groups is 2. The maximum absolute atomic E-state index is 13.3. The van der Waals surface area contributed by atoms with E-state index < -0.39 is 11.6 Å². The highest BCUT2D eigenvalue weighted by Crippen LogP contribution is 2.34. The van der Waals surface area contributed by atoms with Crippen molar-refractivity contribution in [3.8, 4) is 0 Å². The Morgan fingerprint density at radius 1 is 1.28 bits per heavy atom. The van der Waals surface area contributed by atoms with Crippen molar-refractivity contribution in [3.05, 3.63) is 35.4 Å². The molecule has 1 fully saturated rings. The maximum Gasteiger partial charge on any atom is 0.126 e. The lowest BCUT2D eigenvalue weighted by Gasteiger charge is -2.30. The maximum atomic E-state index is 13.3. The van der Waals surface area contributed by atoms with E-state index in [0.717, 1.165) is 29.9 Å². The van der Waals surface area contributed by atoms with Gasteiger partial charge < -0.3 is 5.32 Å². The zero-order valence-electron chi connectivity index (χ0n) is 10.3. The predicted molar refractivity (Wildman–Crippen MR) is 76.3 cm³/mol. The van der Waals surface area contributed by atoms with Gasteiger partial charge in [-0.2, -0.15) is 23.5 Å². The zero-order valence-corrected chi connectivity index (χ0v) is 11.9. The van der Waals surface area contributed by atoms with E-state index in [4.69, 9.17) is 0 Å². The van der Waals surface area contributed by atoms with Crippen LogP contribution in [0.1, 0.15) is 18.5 Å². The highest BCUT2D eigenvalue weighted by Gasteiger charge is 2.26. The molecule has 1 N–H and O–H groups in total. The quantitative estimate of drug-likeness (QED) is 0.911. The lowest BCUT2D eigenvalue weighted by molar-refractivity contribution is 0.530. The van der Waals surface area contributed by atoms with E-state index in [9.17, 15) is 8.78 Å². The smallest absolute Gasteiger partial charge is 0.126 e. The first-order chi connectivity index (χ1) is 8.70. The summed E-state index contributed by atoms with van der Waals surface area (Å²) in [6.07, 6.45) is 0. The molecular weight excluding hydrogens is 272 g/mol. The van der Waals surface area contributed by atoms with Crippen LogP contribution < -0.4 is 5.32 Å². The summed E-state index contributed by atoms with van der Waals surface area (Å²) in [6.45, 7) is 2.81. The molecule has 0 aliphatic carbocycles. The minimum atomic E-state index is -0.499. The first kappa shape index (κ1) is 14.2. The summed E-state index contributed by atoms with van der Waals surface area (Å²) in [5.74, 6) is 2.30. The average molecular weight is 289 g/mol. The molecule has 1 heterocycles. The second kappa shape index (κ2) is 6.78. The first-order valence-electron chi connectivity index (χ1n) is 6.09. The Morgan fingerprint density at radius 3 is 2.56 bits per heavy atom. The van der Waals surface area contributed by atoms with Crippen LogP contribution in [-0.2, 0) is 0 Å². The topological polar surface area (TPSA) is 12.0 Å². The van der Waals surface area contributed by atoms with Crippen LogP contribution in [0.25, 0.3) is 0 Å². The van der Waals surface area contributed by atoms with E-state index >= 15 is 0 Å². The third kappa shape index (κ3) is 3.62. The van der Waals surface area contributed by atoms with Gasteiger partial charge in [0.1, 0.15) is 11.6 Å². The van der Waals surface area contributed by atoms with Crippen molar-refractivity contribution in [2.24, 2.45) is 0 Å². The van der Waals surface area contributed by atoms with Crippen LogP contribution in [0.4, 0.5) is 8.78 Å². The van der Waals surface area contributed by atoms with Gasteiger partial charge in [-0.15, -0.1) is 0 Å². The van der Waals surface area contributed by atoms with Crippen molar-refractivity contribution in [2.45, 2.75) is 18.2 Å². The summed E-state index contributed by atoms with van der Waals surface area (Å²) in [7, 11) is 0. The molecule has 18 heavy (non-hydrogen) atoms. The fourth-order valence-electron chi connectivity index (χ4n) is 2.14. The fourth-order valence-corrected chi connectivity index (χ4v) is 5.01. The van der Waals surface area contributed by atoms with Gasteiger partial charge in [0.15, 0.2) is 0 Å². The van der Waals surface area contributed by atoms with Gasteiger partial charge in [0.25, 0.3) is 0 Å². The number of hydrogen-bond donors (Lipinski definition) is 1. The molecule has 0 radical (unpaired) electrons. The van der Waals surface area contributed by atoms with Gasteiger partial charge >= 0.3 is 0 Å². The van der Waals surface area contributed by atoms with Crippen molar-refractivity contribution < 1.29 is 8.78 Å². The fraction of sp³-hybridized carbons (Fsp3) is 0.538. The zero-order chi connectivity index (χ0) is 13.0. The van der Waals surface area contributed by atoms with Crippen LogP contribution in [0.5, 0.6) is 0 Å². The van der Waals surface area contributed by atoms with Crippen LogP contribution in [0.2, 0.25) is 0 Å². The number of halogens is 2. The highest BCUT2D eigenvalue weighted by molar-refractivity contribution is 8.06. The van der Waals surface area contributed by atoms with Crippen molar-refractivity contribution in [2.75, 3.05) is 23.8 Å². The Bertz CT molecular complexity index is 374. The number of hydrogen-bond acceptors (Lipinski definition) is 3. The second-order valence-electron chi connectivity index (χ2n) is 4.22. The molecule has 2 rings (SSSR count). The molecule has 1 aromatic rings. The van der Waals surface area contributed by atoms with Crippen LogP contribution in [0.15, 0.2) is 18.2 Å². The summed E-state index contributed by atoms with van der Waals surface area (Å²) in [5.41, 5.74) is 0.717. The number of benzene rings is 1. The molecule has 0 spiro atoms. The molecule has 1 saturated heterocycles. The molecule has 1 aromatic carbocycles. The van der Waals surface area contributed by atoms with Crippen LogP contribution in [-0.4, -0.2) is 29.1 Å². The SMILES string of the molecule is CCNC(c1cc(F)cc(F)c1)C1CSCCS1. The molecule has 0 bridgehead atoms. The van der Waals surface area contributed by atoms with Gasteiger partial charge in [0.05, 0.1) is 0 Å². The monoisotopic (exact) mass is 289 g/mol. The minimum Gasteiger partial charge on any atom is -0.309 e. The molecule has 5 heteroatoms. The Labute approximate surface area is 115 Å². The Hall–Kier alpha value is -0.260. The van der Waals surface area contributed by atoms with Gasteiger partial charge in [0, 0.05) is 34.6 Å². The van der Waals surface area contributed by atoms with Crippen molar-refractivity contribution >= 4 is 23.5 Å². The van der Waals surface area contributed by atoms with E-state index in [0.29, 0.717) is 10.8 Å². The molecule has 2 unspecified atom stereocenters. The molecule has 0 aromatic heterocycles. The summed E-state index contributed by atoms with van der Waals surface area (Å²) >= 11 is 3.80. The second-order valence-corrected chi connectivity index (χ2v) is 6.72. The Balaban J connectivity index is 2.22. The number of rotatable bonds is 4. The molecule has 1 nitrogen and oxygen atoms in total. The van der Waals surface area contributed by atoms with E-state index in [1.807, 2.05) is 30.4 Å². The van der Waals surface area contributed by atoms with E-state index in [1.165, 1.54) is 12.1 Å². The molecule has 100 valence electrons. The van der Waals surface area contributed by atoms with Gasteiger partial charge in [-0.25, -0.2) is 8.78 Å². The Morgan fingerprint density at radius 2 is 2.00 bits per heavy atom. The summed E-state index contributed by atoms with van der Waals surface area (Å²) in [6, 6.07) is 3.83. The largest absolute Gasteiger partial charge is 0.309 e. The van der Waals surface area contributed by atoms with E-state index in [-0.39, 0.29) is 6.04 Å². The van der Waals surface area contributed by atoms with E-state index in [1.54, 1.807) is 0 Å². The summed E-state index contributed by atoms with van der Waals surface area (Å²) in [4.78, 5) is 0. The molecular formula is C13H17F2NS2. The normalized spacial score (nSPS) is 21.8. The molecule has 0 amide bonds. The van der Waals surface area contributed by atoms with Crippen LogP contribution >= 0.6 is 23.5 Å². The minimum absolute atomic E-state index is 0.0259. The van der Waals surface area contributed by atoms with Crippen LogP contribution in [0.3, 0.4) is 0 Å². The van der Waals surface area contributed by atoms with Crippen LogP contribution in [0, 0.1) is 11.6 Å². The van der Waals surface area contributed by atoms with Crippen molar-refractivity contribution in [1.82, 2.24) is 5.32 Å². The third-order valence-electron chi connectivity index (χ3n) is 2.88. The summed E-state index contributed by atoms with van der Waals surface area (Å²) in [5, 5.41) is 3.74. The first-order valence-corrected chi connectivity index (χ1v) is 8.29. The lowest BCUT2D eigenvalue weighted by Crippen LogP contribution is -2.33. The van der Waals surface area contributed by atoms with Gasteiger partial charge in [-0.05, 0) is 24.2 Å². The van der Waals surface area contributed by atoms with E-state index in [2.05, 4.69) is 5.32 Å². The van der Waals surface area contributed by atoms with Crippen molar-refractivity contribution in [3.63, 3.8) is 0 Å². The highest BCUT2D eigenvalue weighted by atomic mass is 32.2. The van der Waals surface area contributed by atoms with Crippen molar-refractivity contribution in [1.29, 1.82) is 0 Å². The Kier molecular flexibility index (Phi) is 5.33. The number of nitrogens with one attached hydrogen (secondary N) is 1. The molecule has 1 aliphatic heterocycles. The average Bonchev–Trinajstić information content (AvgIpc) is 2.36. The van der Waals surface area contributed by atoms with Gasteiger partial charge in [-0.3, -0.25) is 0 Å². The lowest BCUT2D eigenvalue weighted by atomic mass is 10.0. The third-order valence-corrected chi connectivity index (χ3v) is 5.75.